The van der Waals surface area contributed by atoms with Crippen LogP contribution in [-0.4, -0.2) is 65.5 Å². The summed E-state index contributed by atoms with van der Waals surface area (Å²) >= 11 is 1.95. The molecule has 0 N–H and O–H groups in total. The van der Waals surface area contributed by atoms with E-state index < -0.39 is 0 Å². The van der Waals surface area contributed by atoms with Gasteiger partial charge in [-0.2, -0.15) is 11.8 Å². The third-order valence-electron chi connectivity index (χ3n) is 5.30. The minimum Gasteiger partial charge on any atom is -0.496 e. The SMILES string of the molecule is COc1c(C)cnc(CN2CCCC(C(=O)N3CCSCC3)C2)c1C. The Morgan fingerprint density at radius 2 is 2.08 bits per heavy atom. The number of pyridine rings is 1. The van der Waals surface area contributed by atoms with Gasteiger partial charge in [0.2, 0.25) is 5.91 Å². The summed E-state index contributed by atoms with van der Waals surface area (Å²) in [6.45, 7) is 8.60. The molecular weight excluding hydrogens is 334 g/mol. The Labute approximate surface area is 155 Å². The van der Waals surface area contributed by atoms with Gasteiger partial charge < -0.3 is 9.64 Å². The molecule has 3 heterocycles. The molecule has 25 heavy (non-hydrogen) atoms. The summed E-state index contributed by atoms with van der Waals surface area (Å²) in [5.74, 6) is 3.59. The van der Waals surface area contributed by atoms with Gasteiger partial charge in [0, 0.05) is 55.0 Å². The van der Waals surface area contributed by atoms with Crippen LogP contribution in [0.25, 0.3) is 0 Å². The average molecular weight is 364 g/mol. The maximum atomic E-state index is 12.8. The van der Waals surface area contributed by atoms with Crippen molar-refractivity contribution in [2.24, 2.45) is 5.92 Å². The molecule has 1 aromatic heterocycles. The first-order chi connectivity index (χ1) is 12.1. The van der Waals surface area contributed by atoms with Gasteiger partial charge >= 0.3 is 0 Å². The fourth-order valence-corrected chi connectivity index (χ4v) is 4.79. The molecule has 0 aliphatic carbocycles. The van der Waals surface area contributed by atoms with Gasteiger partial charge in [0.25, 0.3) is 0 Å². The second-order valence-corrected chi connectivity index (χ2v) is 8.28. The van der Waals surface area contributed by atoms with E-state index in [2.05, 4.69) is 21.7 Å². The fourth-order valence-electron chi connectivity index (χ4n) is 3.88. The third-order valence-corrected chi connectivity index (χ3v) is 6.24. The number of nitrogens with zero attached hydrogens (tertiary/aromatic N) is 3. The molecule has 0 spiro atoms. The highest BCUT2D eigenvalue weighted by molar-refractivity contribution is 7.99. The fraction of sp³-hybridized carbons (Fsp3) is 0.684. The van der Waals surface area contributed by atoms with Gasteiger partial charge in [-0.15, -0.1) is 0 Å². The number of hydrogen-bond acceptors (Lipinski definition) is 5. The van der Waals surface area contributed by atoms with Crippen LogP contribution < -0.4 is 4.74 Å². The van der Waals surface area contributed by atoms with Gasteiger partial charge in [0.05, 0.1) is 18.7 Å². The predicted molar refractivity (Wildman–Crippen MR) is 102 cm³/mol. The Hall–Kier alpha value is -1.27. The number of carbonyl (C=O) groups is 1. The summed E-state index contributed by atoms with van der Waals surface area (Å²) < 4.78 is 5.52. The summed E-state index contributed by atoms with van der Waals surface area (Å²) in [4.78, 5) is 21.9. The summed E-state index contributed by atoms with van der Waals surface area (Å²) in [7, 11) is 1.71. The number of piperidine rings is 1. The number of rotatable bonds is 4. The number of ether oxygens (including phenoxy) is 1. The third kappa shape index (κ3) is 4.29. The summed E-state index contributed by atoms with van der Waals surface area (Å²) in [5, 5.41) is 0. The zero-order chi connectivity index (χ0) is 17.8. The van der Waals surface area contributed by atoms with Crippen LogP contribution in [0.5, 0.6) is 5.75 Å². The van der Waals surface area contributed by atoms with Crippen molar-refractivity contribution in [2.45, 2.75) is 33.2 Å². The van der Waals surface area contributed by atoms with Crippen LogP contribution in [-0.2, 0) is 11.3 Å². The largest absolute Gasteiger partial charge is 0.496 e. The van der Waals surface area contributed by atoms with Gasteiger partial charge in [-0.3, -0.25) is 14.7 Å². The molecule has 0 radical (unpaired) electrons. The zero-order valence-electron chi connectivity index (χ0n) is 15.6. The van der Waals surface area contributed by atoms with Crippen molar-refractivity contribution in [1.29, 1.82) is 0 Å². The topological polar surface area (TPSA) is 45.7 Å². The maximum Gasteiger partial charge on any atom is 0.227 e. The van der Waals surface area contributed by atoms with E-state index >= 15 is 0 Å². The van der Waals surface area contributed by atoms with Crippen LogP contribution in [0.4, 0.5) is 0 Å². The molecule has 5 nitrogen and oxygen atoms in total. The van der Waals surface area contributed by atoms with E-state index in [1.165, 1.54) is 0 Å². The molecule has 2 saturated heterocycles. The van der Waals surface area contributed by atoms with Gasteiger partial charge in [-0.05, 0) is 33.2 Å². The van der Waals surface area contributed by atoms with Crippen molar-refractivity contribution < 1.29 is 9.53 Å². The van der Waals surface area contributed by atoms with E-state index in [4.69, 9.17) is 4.74 Å². The first-order valence-electron chi connectivity index (χ1n) is 9.18. The number of likely N-dealkylation sites (tertiary alicyclic amines) is 1. The molecule has 1 amide bonds. The molecule has 0 bridgehead atoms. The van der Waals surface area contributed by atoms with E-state index in [0.717, 1.165) is 79.6 Å². The lowest BCUT2D eigenvalue weighted by atomic mass is 9.96. The second-order valence-electron chi connectivity index (χ2n) is 7.06. The molecule has 0 aromatic carbocycles. The lowest BCUT2D eigenvalue weighted by Gasteiger charge is -2.36. The lowest BCUT2D eigenvalue weighted by molar-refractivity contribution is -0.137. The van der Waals surface area contributed by atoms with Crippen molar-refractivity contribution in [3.63, 3.8) is 0 Å². The van der Waals surface area contributed by atoms with Crippen LogP contribution in [0.15, 0.2) is 6.20 Å². The van der Waals surface area contributed by atoms with Crippen LogP contribution in [0, 0.1) is 19.8 Å². The molecule has 1 unspecified atom stereocenters. The highest BCUT2D eigenvalue weighted by atomic mass is 32.2. The number of methoxy groups -OCH3 is 1. The van der Waals surface area contributed by atoms with E-state index in [0.29, 0.717) is 5.91 Å². The number of amides is 1. The predicted octanol–water partition coefficient (Wildman–Crippen LogP) is 2.49. The van der Waals surface area contributed by atoms with Gasteiger partial charge in [0.15, 0.2) is 0 Å². The second kappa shape index (κ2) is 8.41. The van der Waals surface area contributed by atoms with Crippen molar-refractivity contribution in [1.82, 2.24) is 14.8 Å². The van der Waals surface area contributed by atoms with Crippen molar-refractivity contribution in [2.75, 3.05) is 44.8 Å². The number of aryl methyl sites for hydroxylation is 1. The van der Waals surface area contributed by atoms with Crippen molar-refractivity contribution in [3.8, 4) is 5.75 Å². The Balaban J connectivity index is 1.65. The zero-order valence-corrected chi connectivity index (χ0v) is 16.4. The smallest absolute Gasteiger partial charge is 0.227 e. The lowest BCUT2D eigenvalue weighted by Crippen LogP contribution is -2.47. The monoisotopic (exact) mass is 363 g/mol. The summed E-state index contributed by atoms with van der Waals surface area (Å²) in [6, 6.07) is 0. The van der Waals surface area contributed by atoms with Gasteiger partial charge in [0.1, 0.15) is 5.75 Å². The number of hydrogen-bond donors (Lipinski definition) is 0. The standard InChI is InChI=1S/C19H29N3O2S/c1-14-11-20-17(15(2)18(14)24-3)13-21-6-4-5-16(12-21)19(23)22-7-9-25-10-8-22/h11,16H,4-10,12-13H2,1-3H3. The summed E-state index contributed by atoms with van der Waals surface area (Å²) in [6.07, 6.45) is 3.99. The molecule has 3 rings (SSSR count). The van der Waals surface area contributed by atoms with Crippen LogP contribution >= 0.6 is 11.8 Å². The molecule has 2 fully saturated rings. The van der Waals surface area contributed by atoms with Gasteiger partial charge in [-0.1, -0.05) is 0 Å². The molecule has 2 aliphatic heterocycles. The molecular formula is C19H29N3O2S. The average Bonchev–Trinajstić information content (AvgIpc) is 2.65. The normalized spacial score (nSPS) is 22.0. The van der Waals surface area contributed by atoms with Crippen LogP contribution in [0.3, 0.4) is 0 Å². The van der Waals surface area contributed by atoms with E-state index in [1.807, 2.05) is 24.9 Å². The molecule has 2 aliphatic rings. The Morgan fingerprint density at radius 3 is 2.80 bits per heavy atom. The minimum atomic E-state index is 0.143. The molecule has 1 atom stereocenters. The number of aromatic nitrogens is 1. The molecule has 138 valence electrons. The Morgan fingerprint density at radius 1 is 1.32 bits per heavy atom. The summed E-state index contributed by atoms with van der Waals surface area (Å²) in [5.41, 5.74) is 3.24. The van der Waals surface area contributed by atoms with Crippen molar-refractivity contribution in [3.05, 3.63) is 23.0 Å². The molecule has 6 heteroatoms. The highest BCUT2D eigenvalue weighted by Gasteiger charge is 2.30. The number of carbonyl (C=O) groups excluding carboxylic acids is 1. The quantitative estimate of drug-likeness (QED) is 0.822. The maximum absolute atomic E-state index is 12.8. The van der Waals surface area contributed by atoms with E-state index in [9.17, 15) is 4.79 Å². The first-order valence-corrected chi connectivity index (χ1v) is 10.3. The van der Waals surface area contributed by atoms with Crippen molar-refractivity contribution >= 4 is 17.7 Å². The molecule has 1 aromatic rings. The highest BCUT2D eigenvalue weighted by Crippen LogP contribution is 2.27. The van der Waals surface area contributed by atoms with Crippen LogP contribution in [0.1, 0.15) is 29.7 Å². The van der Waals surface area contributed by atoms with Crippen LogP contribution in [0.2, 0.25) is 0 Å². The van der Waals surface area contributed by atoms with E-state index in [1.54, 1.807) is 7.11 Å². The Bertz CT molecular complexity index is 617. The minimum absolute atomic E-state index is 0.143. The van der Waals surface area contributed by atoms with Gasteiger partial charge in [-0.25, -0.2) is 0 Å². The first kappa shape index (κ1) is 18.5. The van der Waals surface area contributed by atoms with E-state index in [-0.39, 0.29) is 5.92 Å². The molecule has 0 saturated carbocycles. The number of thioether (sulfide) groups is 1. The Kier molecular flexibility index (Phi) is 6.23.